The summed E-state index contributed by atoms with van der Waals surface area (Å²) >= 11 is 1.59. The second-order valence-corrected chi connectivity index (χ2v) is 6.64. The molecule has 1 aliphatic rings. The molecule has 2 aromatic rings. The molecular weight excluding hydrogens is 322 g/mol. The summed E-state index contributed by atoms with van der Waals surface area (Å²) in [6.07, 6.45) is 9.07. The maximum Gasteiger partial charge on any atom is 0.316 e. The smallest absolute Gasteiger partial charge is 0.316 e. The zero-order valence-electron chi connectivity index (χ0n) is 13.6. The Bertz CT molecular complexity index is 673. The molecule has 5 nitrogen and oxygen atoms in total. The average molecular weight is 343 g/mol. The lowest BCUT2D eigenvalue weighted by Crippen LogP contribution is -2.40. The van der Waals surface area contributed by atoms with Crippen LogP contribution in [0.25, 0.3) is 0 Å². The lowest BCUT2D eigenvalue weighted by atomic mass is 9.92. The third-order valence-electron chi connectivity index (χ3n) is 4.18. The highest BCUT2D eigenvalue weighted by Crippen LogP contribution is 2.24. The van der Waals surface area contributed by atoms with Crippen molar-refractivity contribution in [3.63, 3.8) is 0 Å². The molecule has 126 valence electrons. The Labute approximate surface area is 146 Å². The van der Waals surface area contributed by atoms with Gasteiger partial charge in [0.2, 0.25) is 0 Å². The highest BCUT2D eigenvalue weighted by molar-refractivity contribution is 7.98. The fourth-order valence-electron chi connectivity index (χ4n) is 2.92. The van der Waals surface area contributed by atoms with Gasteiger partial charge in [0.1, 0.15) is 6.10 Å². The number of hydrogen-bond donors (Lipinski definition) is 1. The predicted molar refractivity (Wildman–Crippen MR) is 94.4 cm³/mol. The van der Waals surface area contributed by atoms with Crippen LogP contribution in [0.4, 0.5) is 0 Å². The minimum Gasteiger partial charge on any atom is -0.460 e. The number of amides is 1. The first kappa shape index (κ1) is 16.8. The normalized spacial score (nSPS) is 20.4. The molecule has 1 fully saturated rings. The highest BCUT2D eigenvalue weighted by atomic mass is 32.2. The van der Waals surface area contributed by atoms with Crippen molar-refractivity contribution >= 4 is 17.7 Å². The van der Waals surface area contributed by atoms with E-state index in [2.05, 4.69) is 15.3 Å². The van der Waals surface area contributed by atoms with Crippen molar-refractivity contribution < 1.29 is 9.53 Å². The van der Waals surface area contributed by atoms with Crippen LogP contribution in [0, 0.1) is 0 Å². The molecule has 3 rings (SSSR count). The van der Waals surface area contributed by atoms with Crippen molar-refractivity contribution in [3.05, 3.63) is 48.3 Å². The first-order chi connectivity index (χ1) is 11.8. The number of rotatable bonds is 5. The Morgan fingerprint density at radius 2 is 1.83 bits per heavy atom. The number of ether oxygens (including phenoxy) is 1. The van der Waals surface area contributed by atoms with E-state index in [1.807, 2.05) is 30.5 Å². The minimum atomic E-state index is 0.00992. The molecule has 1 aromatic carbocycles. The molecule has 1 saturated carbocycles. The van der Waals surface area contributed by atoms with Gasteiger partial charge in [-0.2, -0.15) is 0 Å². The second-order valence-electron chi connectivity index (χ2n) is 5.80. The number of nitrogens with zero attached hydrogens (tertiary/aromatic N) is 2. The van der Waals surface area contributed by atoms with Gasteiger partial charge in [-0.25, -0.2) is 9.97 Å². The maximum atomic E-state index is 12.5. The molecule has 1 aliphatic carbocycles. The van der Waals surface area contributed by atoms with Gasteiger partial charge >= 0.3 is 6.01 Å². The molecule has 24 heavy (non-hydrogen) atoms. The van der Waals surface area contributed by atoms with Crippen LogP contribution in [-0.4, -0.2) is 34.3 Å². The third-order valence-corrected chi connectivity index (χ3v) is 4.97. The van der Waals surface area contributed by atoms with Crippen LogP contribution in [0.2, 0.25) is 0 Å². The molecule has 0 unspecified atom stereocenters. The van der Waals surface area contributed by atoms with Crippen molar-refractivity contribution in [2.24, 2.45) is 0 Å². The quantitative estimate of drug-likeness (QED) is 0.844. The molecule has 1 amide bonds. The first-order valence-corrected chi connectivity index (χ1v) is 9.36. The van der Waals surface area contributed by atoms with Gasteiger partial charge in [0.05, 0.1) is 5.56 Å². The van der Waals surface area contributed by atoms with Crippen molar-refractivity contribution in [3.8, 4) is 6.01 Å². The van der Waals surface area contributed by atoms with Crippen LogP contribution in [0.15, 0.2) is 47.6 Å². The Hall–Kier alpha value is -2.08. The van der Waals surface area contributed by atoms with E-state index in [1.54, 1.807) is 30.2 Å². The topological polar surface area (TPSA) is 64.1 Å². The summed E-state index contributed by atoms with van der Waals surface area (Å²) in [5.74, 6) is 0.00992. The molecule has 0 saturated heterocycles. The molecular formula is C18H21N3O2S. The fourth-order valence-corrected chi connectivity index (χ4v) is 3.51. The van der Waals surface area contributed by atoms with Crippen LogP contribution in [-0.2, 0) is 0 Å². The lowest BCUT2D eigenvalue weighted by Gasteiger charge is -2.29. The average Bonchev–Trinajstić information content (AvgIpc) is 2.64. The zero-order valence-corrected chi connectivity index (χ0v) is 14.5. The van der Waals surface area contributed by atoms with Crippen LogP contribution < -0.4 is 10.1 Å². The van der Waals surface area contributed by atoms with Crippen LogP contribution in [0.3, 0.4) is 0 Å². The summed E-state index contributed by atoms with van der Waals surface area (Å²) in [5.41, 5.74) is 0.751. The number of carbonyl (C=O) groups is 1. The Morgan fingerprint density at radius 1 is 1.12 bits per heavy atom. The van der Waals surface area contributed by atoms with Gasteiger partial charge < -0.3 is 10.1 Å². The molecule has 1 heterocycles. The molecule has 6 heteroatoms. The summed E-state index contributed by atoms with van der Waals surface area (Å²) in [4.78, 5) is 21.7. The van der Waals surface area contributed by atoms with E-state index in [0.717, 1.165) is 36.1 Å². The van der Waals surface area contributed by atoms with Gasteiger partial charge in [-0.05, 0) is 50.1 Å². The van der Waals surface area contributed by atoms with Gasteiger partial charge in [0, 0.05) is 23.3 Å². The molecule has 1 aromatic heterocycles. The number of nitrogens with one attached hydrogen (secondary N) is 1. The number of hydrogen-bond acceptors (Lipinski definition) is 5. The fraction of sp³-hybridized carbons (Fsp3) is 0.389. The van der Waals surface area contributed by atoms with Gasteiger partial charge in [-0.3, -0.25) is 4.79 Å². The van der Waals surface area contributed by atoms with Crippen molar-refractivity contribution in [2.45, 2.75) is 42.7 Å². The summed E-state index contributed by atoms with van der Waals surface area (Å²) in [6, 6.07) is 10.1. The predicted octanol–water partition coefficient (Wildman–Crippen LogP) is 3.32. The highest BCUT2D eigenvalue weighted by Gasteiger charge is 2.25. The Kier molecular flexibility index (Phi) is 5.69. The van der Waals surface area contributed by atoms with E-state index < -0.39 is 0 Å². The van der Waals surface area contributed by atoms with E-state index in [4.69, 9.17) is 4.74 Å². The first-order valence-electron chi connectivity index (χ1n) is 8.14. The molecule has 0 atom stereocenters. The van der Waals surface area contributed by atoms with Gasteiger partial charge in [0.15, 0.2) is 0 Å². The van der Waals surface area contributed by atoms with Gasteiger partial charge in [-0.1, -0.05) is 12.1 Å². The Morgan fingerprint density at radius 3 is 2.54 bits per heavy atom. The largest absolute Gasteiger partial charge is 0.460 e. The van der Waals surface area contributed by atoms with Gasteiger partial charge in [-0.15, -0.1) is 11.8 Å². The van der Waals surface area contributed by atoms with E-state index in [1.165, 1.54) is 0 Å². The standard InChI is InChI=1S/C18H21N3O2S/c1-24-16-6-3-2-5-15(16)17(22)21-13-7-9-14(10-8-13)23-18-19-11-4-12-20-18/h2-6,11-14H,7-10H2,1H3,(H,21,22). The summed E-state index contributed by atoms with van der Waals surface area (Å²) < 4.78 is 5.79. The number of benzene rings is 1. The van der Waals surface area contributed by atoms with E-state index in [-0.39, 0.29) is 18.1 Å². The van der Waals surface area contributed by atoms with E-state index >= 15 is 0 Å². The van der Waals surface area contributed by atoms with Crippen LogP contribution >= 0.6 is 11.8 Å². The van der Waals surface area contributed by atoms with E-state index in [0.29, 0.717) is 6.01 Å². The number of aromatic nitrogens is 2. The molecule has 0 radical (unpaired) electrons. The van der Waals surface area contributed by atoms with E-state index in [9.17, 15) is 4.79 Å². The van der Waals surface area contributed by atoms with Crippen molar-refractivity contribution in [1.29, 1.82) is 0 Å². The molecule has 0 bridgehead atoms. The summed E-state index contributed by atoms with van der Waals surface area (Å²) in [6.45, 7) is 0. The number of thioether (sulfide) groups is 1. The SMILES string of the molecule is CSc1ccccc1C(=O)NC1CCC(Oc2ncccn2)CC1. The maximum absolute atomic E-state index is 12.5. The molecule has 0 spiro atoms. The van der Waals surface area contributed by atoms with Crippen LogP contribution in [0.1, 0.15) is 36.0 Å². The minimum absolute atomic E-state index is 0.00992. The molecule has 1 N–H and O–H groups in total. The van der Waals surface area contributed by atoms with Crippen molar-refractivity contribution in [1.82, 2.24) is 15.3 Å². The van der Waals surface area contributed by atoms with Gasteiger partial charge in [0.25, 0.3) is 5.91 Å². The summed E-state index contributed by atoms with van der Waals surface area (Å²) in [5, 5.41) is 3.16. The third kappa shape index (κ3) is 4.26. The number of carbonyl (C=O) groups excluding carboxylic acids is 1. The van der Waals surface area contributed by atoms with Crippen LogP contribution in [0.5, 0.6) is 6.01 Å². The lowest BCUT2D eigenvalue weighted by molar-refractivity contribution is 0.0882. The monoisotopic (exact) mass is 343 g/mol. The zero-order chi connectivity index (χ0) is 16.8. The molecule has 0 aliphatic heterocycles. The Balaban J connectivity index is 1.51. The summed E-state index contributed by atoms with van der Waals surface area (Å²) in [7, 11) is 0. The van der Waals surface area contributed by atoms with Crippen molar-refractivity contribution in [2.75, 3.05) is 6.26 Å². The second kappa shape index (κ2) is 8.15.